The van der Waals surface area contributed by atoms with Gasteiger partial charge in [0.2, 0.25) is 0 Å². The molecular formula is C73H69ClN2O5. The molecule has 0 bridgehead atoms. The van der Waals surface area contributed by atoms with E-state index < -0.39 is 0 Å². The highest BCUT2D eigenvalue weighted by molar-refractivity contribution is 6.37. The van der Waals surface area contributed by atoms with Crippen molar-refractivity contribution in [1.29, 1.82) is 0 Å². The molecule has 0 saturated heterocycles. The van der Waals surface area contributed by atoms with Crippen LogP contribution in [-0.4, -0.2) is 29.0 Å². The maximum Gasteiger partial charge on any atom is 0.136 e. The van der Waals surface area contributed by atoms with E-state index in [-0.39, 0.29) is 38.4 Å². The summed E-state index contributed by atoms with van der Waals surface area (Å²) in [6.07, 6.45) is 0. The first kappa shape index (κ1) is 53.1. The lowest BCUT2D eigenvalue weighted by Crippen LogP contribution is -2.10. The molecule has 81 heavy (non-hydrogen) atoms. The number of hydrogen-bond acceptors (Lipinski definition) is 5. The fraction of sp³-hybridized carbons (Fsp3) is 0.219. The molecule has 5 heterocycles. The SMILES string of the molecule is C.C.COc1ccc(Cl)c2c1c1cc(C(C)(C)C)ccc1n2-c1ccc2cc3c(cc2c1)oc1cc(C)ccc13.COc1ccc2c3cc4cc5c(cc4cc3n3c4ccc(C(C)(C)C)cc4c1c23)oc1cc(C)ccc15.[2H]CC(C)=O. The Balaban J connectivity index is 0.000000156. The van der Waals surface area contributed by atoms with E-state index in [1.165, 1.54) is 94.2 Å². The zero-order chi connectivity index (χ0) is 55.8. The average Bonchev–Trinajstić information content (AvgIpc) is 3.79. The van der Waals surface area contributed by atoms with Gasteiger partial charge in [0.05, 0.1) is 57.6 Å². The summed E-state index contributed by atoms with van der Waals surface area (Å²) in [5.41, 5.74) is 15.5. The van der Waals surface area contributed by atoms with Gasteiger partial charge in [0, 0.05) is 50.1 Å². The molecule has 5 aromatic heterocycles. The fourth-order valence-corrected chi connectivity index (χ4v) is 12.3. The van der Waals surface area contributed by atoms with Gasteiger partial charge in [-0.25, -0.2) is 0 Å². The van der Waals surface area contributed by atoms with Crippen LogP contribution < -0.4 is 9.47 Å². The Morgan fingerprint density at radius 2 is 0.963 bits per heavy atom. The summed E-state index contributed by atoms with van der Waals surface area (Å²) in [5.74, 6) is 1.66. The maximum atomic E-state index is 9.62. The highest BCUT2D eigenvalue weighted by atomic mass is 35.5. The first-order valence-electron chi connectivity index (χ1n) is 27.6. The molecule has 0 aliphatic heterocycles. The number of halogens is 1. The van der Waals surface area contributed by atoms with Crippen molar-refractivity contribution in [3.63, 3.8) is 0 Å². The van der Waals surface area contributed by atoms with Crippen LogP contribution in [0.3, 0.4) is 0 Å². The number of aryl methyl sites for hydroxylation is 2. The zero-order valence-electron chi connectivity index (χ0n) is 47.5. The first-order chi connectivity index (χ1) is 38.3. The van der Waals surface area contributed by atoms with Crippen molar-refractivity contribution in [3.05, 3.63) is 179 Å². The van der Waals surface area contributed by atoms with Crippen LogP contribution in [0.2, 0.25) is 5.02 Å². The Kier molecular flexibility index (Phi) is 12.9. The number of carbonyl (C=O) groups is 1. The Morgan fingerprint density at radius 3 is 1.53 bits per heavy atom. The third kappa shape index (κ3) is 8.76. The molecule has 0 radical (unpaired) electrons. The Morgan fingerprint density at radius 1 is 0.481 bits per heavy atom. The minimum absolute atomic E-state index is 0. The molecule has 408 valence electrons. The molecule has 0 aliphatic carbocycles. The van der Waals surface area contributed by atoms with E-state index in [1.54, 1.807) is 14.2 Å². The summed E-state index contributed by atoms with van der Waals surface area (Å²) >= 11 is 6.91. The van der Waals surface area contributed by atoms with Crippen LogP contribution in [0.1, 0.15) is 93.8 Å². The molecule has 7 nitrogen and oxygen atoms in total. The Hall–Kier alpha value is -8.52. The molecule has 0 spiro atoms. The van der Waals surface area contributed by atoms with E-state index in [9.17, 15) is 4.79 Å². The smallest absolute Gasteiger partial charge is 0.136 e. The Labute approximate surface area is 478 Å². The van der Waals surface area contributed by atoms with Crippen LogP contribution in [0.15, 0.2) is 160 Å². The minimum atomic E-state index is -0.0833. The highest BCUT2D eigenvalue weighted by Crippen LogP contribution is 2.47. The molecule has 0 atom stereocenters. The van der Waals surface area contributed by atoms with Crippen LogP contribution in [-0.2, 0) is 15.6 Å². The average molecular weight is 1090 g/mol. The number of ether oxygens (including phenoxy) is 2. The van der Waals surface area contributed by atoms with Crippen LogP contribution in [0.4, 0.5) is 0 Å². The number of aromatic nitrogens is 2. The zero-order valence-corrected chi connectivity index (χ0v) is 47.2. The van der Waals surface area contributed by atoms with E-state index >= 15 is 0 Å². The number of carbonyl (C=O) groups excluding carboxylic acids is 1. The summed E-state index contributed by atoms with van der Waals surface area (Å²) in [6, 6.07) is 54.8. The second-order valence-electron chi connectivity index (χ2n) is 23.5. The van der Waals surface area contributed by atoms with Gasteiger partial charge in [-0.05, 0) is 191 Å². The molecular weight excluding hydrogens is 1020 g/mol. The predicted octanol–water partition coefficient (Wildman–Crippen LogP) is 21.5. The van der Waals surface area contributed by atoms with Crippen LogP contribution in [0, 0.1) is 13.8 Å². The third-order valence-corrected chi connectivity index (χ3v) is 16.2. The number of ketones is 1. The standard InChI is InChI=1S/C34H28ClNO2.C34H27NO2.C3H6O.2CH4/c1-19-6-10-24-25-16-20-7-9-23(15-21(20)17-31(25)38-30(24)14-19)36-28-12-8-22(34(2,3)4)18-26(28)32-29(37-5)13-11-27(35)33(32)36;1-18-6-8-22-25-14-19-13-24-23-9-11-29(36-5)32-26-17-21(34(2,3)4)7-10-27(26)35(33(23)32)28(24)15-20(19)16-31(25)37-30(22)12-18;1-3(2)4;;/h6-18H,1-5H3;6-17H,1-5H3;1-2H3;2*1H4/i;;1D;;. The monoisotopic (exact) mass is 1090 g/mol. The normalized spacial score (nSPS) is 12.3. The van der Waals surface area contributed by atoms with E-state index in [1.807, 2.05) is 12.1 Å². The topological polar surface area (TPSA) is 71.2 Å². The summed E-state index contributed by atoms with van der Waals surface area (Å²) < 4.78 is 35.3. The number of furan rings is 2. The lowest BCUT2D eigenvalue weighted by molar-refractivity contribution is -0.115. The van der Waals surface area contributed by atoms with E-state index in [2.05, 4.69) is 204 Å². The van der Waals surface area contributed by atoms with Crippen LogP contribution in [0.5, 0.6) is 11.5 Å². The summed E-state index contributed by atoms with van der Waals surface area (Å²) in [7, 11) is 3.49. The predicted molar refractivity (Wildman–Crippen MR) is 346 cm³/mol. The van der Waals surface area contributed by atoms with Gasteiger partial charge in [-0.15, -0.1) is 0 Å². The summed E-state index contributed by atoms with van der Waals surface area (Å²) in [5, 5.41) is 17.1. The maximum absolute atomic E-state index is 9.62. The third-order valence-electron chi connectivity index (χ3n) is 15.9. The second-order valence-corrected chi connectivity index (χ2v) is 23.9. The molecule has 0 saturated carbocycles. The highest BCUT2D eigenvalue weighted by Gasteiger charge is 2.25. The molecule has 0 aliphatic rings. The van der Waals surface area contributed by atoms with Crippen molar-refractivity contribution in [3.8, 4) is 17.2 Å². The van der Waals surface area contributed by atoms with E-state index in [0.717, 1.165) is 77.5 Å². The number of rotatable bonds is 3. The van der Waals surface area contributed by atoms with Crippen molar-refractivity contribution in [2.75, 3.05) is 14.2 Å². The number of nitrogens with zero attached hydrogens (tertiary/aromatic N) is 2. The van der Waals surface area contributed by atoms with Gasteiger partial charge in [-0.3, -0.25) is 0 Å². The molecule has 0 unspecified atom stereocenters. The number of benzene rings is 10. The van der Waals surface area contributed by atoms with Gasteiger partial charge in [0.25, 0.3) is 0 Å². The quantitative estimate of drug-likeness (QED) is 0.176. The Bertz CT molecular complexity index is 5060. The summed E-state index contributed by atoms with van der Waals surface area (Å²) in [4.78, 5) is 9.62. The van der Waals surface area contributed by atoms with Crippen molar-refractivity contribution >= 4 is 143 Å². The van der Waals surface area contributed by atoms with Crippen molar-refractivity contribution in [2.24, 2.45) is 0 Å². The van der Waals surface area contributed by atoms with Crippen molar-refractivity contribution < 1.29 is 24.5 Å². The minimum Gasteiger partial charge on any atom is -0.496 e. The lowest BCUT2D eigenvalue weighted by Gasteiger charge is -2.19. The first-order valence-corrected chi connectivity index (χ1v) is 27.2. The van der Waals surface area contributed by atoms with Gasteiger partial charge < -0.3 is 32.1 Å². The molecule has 15 aromatic rings. The van der Waals surface area contributed by atoms with Gasteiger partial charge in [-0.1, -0.05) is 110 Å². The van der Waals surface area contributed by atoms with Crippen molar-refractivity contribution in [2.45, 2.75) is 94.9 Å². The molecule has 15 rings (SSSR count). The molecule has 8 heteroatoms. The molecule has 10 aromatic carbocycles. The number of Topliss-reactive ketones (excluding diaryl/α,β-unsaturated/α-hetero) is 1. The van der Waals surface area contributed by atoms with E-state index in [0.29, 0.717) is 5.02 Å². The van der Waals surface area contributed by atoms with Crippen molar-refractivity contribution in [1.82, 2.24) is 8.97 Å². The number of fused-ring (bicyclic) bond motifs is 17. The van der Waals surface area contributed by atoms with Crippen LogP contribution >= 0.6 is 11.6 Å². The van der Waals surface area contributed by atoms with Gasteiger partial charge in [-0.2, -0.15) is 0 Å². The lowest BCUT2D eigenvalue weighted by atomic mass is 9.86. The fourth-order valence-electron chi connectivity index (χ4n) is 12.0. The van der Waals surface area contributed by atoms with Crippen LogP contribution in [0.25, 0.3) is 131 Å². The van der Waals surface area contributed by atoms with E-state index in [4.69, 9.17) is 31.3 Å². The summed E-state index contributed by atoms with van der Waals surface area (Å²) in [6.45, 7) is 19.0. The molecule has 0 N–H and O–H groups in total. The number of hydrogen-bond donors (Lipinski definition) is 0. The second kappa shape index (κ2) is 19.6. The van der Waals surface area contributed by atoms with Gasteiger partial charge >= 0.3 is 0 Å². The molecule has 0 amide bonds. The largest absolute Gasteiger partial charge is 0.496 e. The van der Waals surface area contributed by atoms with Gasteiger partial charge in [0.1, 0.15) is 39.6 Å². The molecule has 0 fully saturated rings. The number of methoxy groups -OCH3 is 2. The van der Waals surface area contributed by atoms with Gasteiger partial charge in [0.15, 0.2) is 0 Å².